The molecule has 10 heteroatoms. The van der Waals surface area contributed by atoms with Crippen LogP contribution in [0.4, 0.5) is 13.2 Å². The Morgan fingerprint density at radius 1 is 1.15 bits per heavy atom. The minimum absolute atomic E-state index is 0.0945. The zero-order valence-electron chi connectivity index (χ0n) is 14.5. The van der Waals surface area contributed by atoms with Crippen LogP contribution in [0.2, 0.25) is 0 Å². The molecule has 27 heavy (non-hydrogen) atoms. The molecule has 1 aliphatic heterocycles. The second-order valence-electron chi connectivity index (χ2n) is 6.29. The van der Waals surface area contributed by atoms with E-state index in [1.165, 1.54) is 16.7 Å². The second kappa shape index (κ2) is 6.68. The van der Waals surface area contributed by atoms with Gasteiger partial charge in [-0.1, -0.05) is 12.1 Å². The lowest BCUT2D eigenvalue weighted by Crippen LogP contribution is -2.56. The smallest absolute Gasteiger partial charge is 0.417 e. The number of aryl methyl sites for hydroxylation is 1. The largest absolute Gasteiger partial charge is 0.487 e. The predicted octanol–water partition coefficient (Wildman–Crippen LogP) is 2.16. The fourth-order valence-corrected chi connectivity index (χ4v) is 4.45. The summed E-state index contributed by atoms with van der Waals surface area (Å²) < 4.78 is 72.3. The fraction of sp³-hybridized carbons (Fsp3) is 0.353. The van der Waals surface area contributed by atoms with Gasteiger partial charge in [0.25, 0.3) is 5.56 Å². The zero-order valence-corrected chi connectivity index (χ0v) is 15.3. The van der Waals surface area contributed by atoms with Crippen molar-refractivity contribution < 1.29 is 26.3 Å². The molecule has 2 aromatic rings. The highest BCUT2D eigenvalue weighted by Crippen LogP contribution is 2.36. The summed E-state index contributed by atoms with van der Waals surface area (Å²) in [5, 5.41) is 0. The molecule has 0 amide bonds. The maximum atomic E-state index is 13.1. The van der Waals surface area contributed by atoms with Crippen molar-refractivity contribution >= 4 is 10.0 Å². The molecule has 0 saturated carbocycles. The molecule has 0 N–H and O–H groups in total. The third kappa shape index (κ3) is 3.72. The molecule has 1 aromatic heterocycles. The van der Waals surface area contributed by atoms with Gasteiger partial charge in [-0.25, -0.2) is 8.42 Å². The molecule has 0 unspecified atom stereocenters. The Bertz CT molecular complexity index is 1030. The lowest BCUT2D eigenvalue weighted by molar-refractivity contribution is -0.139. The minimum Gasteiger partial charge on any atom is -0.487 e. The van der Waals surface area contributed by atoms with E-state index in [0.29, 0.717) is 11.4 Å². The number of hydrogen-bond acceptors (Lipinski definition) is 4. The Labute approximate surface area is 153 Å². The van der Waals surface area contributed by atoms with Crippen LogP contribution in [0, 0.1) is 6.92 Å². The maximum Gasteiger partial charge on any atom is 0.417 e. The van der Waals surface area contributed by atoms with E-state index >= 15 is 0 Å². The van der Waals surface area contributed by atoms with Gasteiger partial charge in [0, 0.05) is 18.8 Å². The molecule has 1 saturated heterocycles. The number of halogens is 3. The van der Waals surface area contributed by atoms with Gasteiger partial charge in [0.05, 0.1) is 23.5 Å². The summed E-state index contributed by atoms with van der Waals surface area (Å²) in [5.74, 6) is 0.299. The molecule has 0 bridgehead atoms. The summed E-state index contributed by atoms with van der Waals surface area (Å²) in [6, 6.07) is 6.99. The van der Waals surface area contributed by atoms with Crippen molar-refractivity contribution in [3.8, 4) is 5.75 Å². The summed E-state index contributed by atoms with van der Waals surface area (Å²) in [4.78, 5) is 11.0. The lowest BCUT2D eigenvalue weighted by Gasteiger charge is -2.38. The van der Waals surface area contributed by atoms with Gasteiger partial charge in [-0.3, -0.25) is 4.79 Å². The molecule has 3 rings (SSSR count). The van der Waals surface area contributed by atoms with E-state index in [9.17, 15) is 26.4 Å². The Kier molecular flexibility index (Phi) is 4.81. The Morgan fingerprint density at radius 2 is 1.78 bits per heavy atom. The molecular weight excluding hydrogens is 385 g/mol. The third-order valence-corrected chi connectivity index (χ3v) is 6.29. The van der Waals surface area contributed by atoms with Crippen molar-refractivity contribution in [3.63, 3.8) is 0 Å². The first-order valence-electron chi connectivity index (χ1n) is 8.01. The molecule has 1 aliphatic rings. The molecule has 0 aliphatic carbocycles. The quantitative estimate of drug-likeness (QED) is 0.786. The number of pyridine rings is 1. The van der Waals surface area contributed by atoms with Gasteiger partial charge in [-0.2, -0.15) is 17.5 Å². The summed E-state index contributed by atoms with van der Waals surface area (Å²) in [5.41, 5.74) is -0.801. The van der Waals surface area contributed by atoms with Crippen LogP contribution >= 0.6 is 0 Å². The maximum absolute atomic E-state index is 13.1. The number of rotatable bonds is 4. The highest BCUT2D eigenvalue weighted by molar-refractivity contribution is 7.89. The van der Waals surface area contributed by atoms with Gasteiger partial charge >= 0.3 is 6.18 Å². The number of ether oxygens (including phenoxy) is 1. The first-order chi connectivity index (χ1) is 12.5. The average Bonchev–Trinajstić information content (AvgIpc) is 2.54. The van der Waals surface area contributed by atoms with Crippen molar-refractivity contribution in [1.82, 2.24) is 8.87 Å². The SMILES string of the molecule is Cc1cc(OC2CN(S(=O)(=O)c3ccccc3C(F)(F)F)C2)cc(=O)n1C. The number of alkyl halides is 3. The van der Waals surface area contributed by atoms with E-state index < -0.39 is 32.8 Å². The van der Waals surface area contributed by atoms with Gasteiger partial charge < -0.3 is 9.30 Å². The van der Waals surface area contributed by atoms with E-state index in [2.05, 4.69) is 0 Å². The van der Waals surface area contributed by atoms with E-state index in [1.807, 2.05) is 0 Å². The minimum atomic E-state index is -4.77. The number of hydrogen-bond donors (Lipinski definition) is 0. The van der Waals surface area contributed by atoms with Crippen LogP contribution < -0.4 is 10.3 Å². The first kappa shape index (κ1) is 19.4. The number of nitrogens with zero attached hydrogens (tertiary/aromatic N) is 2. The van der Waals surface area contributed by atoms with Crippen LogP contribution in [-0.4, -0.2) is 36.5 Å². The molecule has 0 atom stereocenters. The summed E-state index contributed by atoms with van der Waals surface area (Å²) in [7, 11) is -2.69. The van der Waals surface area contributed by atoms with Crippen molar-refractivity contribution in [2.75, 3.05) is 13.1 Å². The van der Waals surface area contributed by atoms with Gasteiger partial charge in [-0.05, 0) is 25.1 Å². The Morgan fingerprint density at radius 3 is 2.37 bits per heavy atom. The highest BCUT2D eigenvalue weighted by atomic mass is 32.2. The predicted molar refractivity (Wildman–Crippen MR) is 91.0 cm³/mol. The lowest BCUT2D eigenvalue weighted by atomic mass is 10.2. The van der Waals surface area contributed by atoms with Crippen LogP contribution in [0.15, 0.2) is 46.1 Å². The van der Waals surface area contributed by atoms with Crippen LogP contribution in [0.5, 0.6) is 5.75 Å². The summed E-state index contributed by atoms with van der Waals surface area (Å²) >= 11 is 0. The zero-order chi connectivity index (χ0) is 20.0. The Balaban J connectivity index is 1.75. The number of benzene rings is 1. The van der Waals surface area contributed by atoms with E-state index in [1.54, 1.807) is 20.0 Å². The van der Waals surface area contributed by atoms with Gasteiger partial charge in [0.2, 0.25) is 10.0 Å². The number of sulfonamides is 1. The standard InChI is InChI=1S/C17H17F3N2O4S/c1-11-7-12(8-16(23)21(11)2)26-13-9-22(10-13)27(24,25)15-6-4-3-5-14(15)17(18,19)20/h3-8,13H,9-10H2,1-2H3. The number of aromatic nitrogens is 1. The van der Waals surface area contributed by atoms with Crippen molar-refractivity contribution in [3.05, 3.63) is 58.0 Å². The molecule has 1 fully saturated rings. The van der Waals surface area contributed by atoms with Crippen molar-refractivity contribution in [2.24, 2.45) is 7.05 Å². The van der Waals surface area contributed by atoms with E-state index in [4.69, 9.17) is 4.74 Å². The summed E-state index contributed by atoms with van der Waals surface area (Å²) in [6.45, 7) is 1.53. The Hall–Kier alpha value is -2.33. The van der Waals surface area contributed by atoms with Crippen molar-refractivity contribution in [1.29, 1.82) is 0 Å². The molecule has 6 nitrogen and oxygen atoms in total. The molecule has 1 aromatic carbocycles. The normalized spacial score (nSPS) is 16.2. The average molecular weight is 402 g/mol. The topological polar surface area (TPSA) is 68.6 Å². The fourth-order valence-electron chi connectivity index (χ4n) is 2.73. The van der Waals surface area contributed by atoms with Crippen LogP contribution in [-0.2, 0) is 23.2 Å². The summed E-state index contributed by atoms with van der Waals surface area (Å²) in [6.07, 6.45) is -5.31. The molecule has 0 radical (unpaired) electrons. The van der Waals surface area contributed by atoms with Crippen LogP contribution in [0.3, 0.4) is 0 Å². The van der Waals surface area contributed by atoms with Crippen molar-refractivity contribution in [2.45, 2.75) is 24.1 Å². The monoisotopic (exact) mass is 402 g/mol. The van der Waals surface area contributed by atoms with Gasteiger partial charge in [0.1, 0.15) is 11.9 Å². The molecule has 0 spiro atoms. The highest BCUT2D eigenvalue weighted by Gasteiger charge is 2.43. The van der Waals surface area contributed by atoms with Crippen LogP contribution in [0.1, 0.15) is 11.3 Å². The second-order valence-corrected chi connectivity index (χ2v) is 8.19. The molecule has 146 valence electrons. The third-order valence-electron chi connectivity index (χ3n) is 4.40. The van der Waals surface area contributed by atoms with E-state index in [0.717, 1.165) is 22.5 Å². The van der Waals surface area contributed by atoms with E-state index in [-0.39, 0.29) is 18.6 Å². The molecular formula is C17H17F3N2O4S. The van der Waals surface area contributed by atoms with Gasteiger partial charge in [-0.15, -0.1) is 0 Å². The van der Waals surface area contributed by atoms with Gasteiger partial charge in [0.15, 0.2) is 0 Å². The molecule has 2 heterocycles. The van der Waals surface area contributed by atoms with Crippen LogP contribution in [0.25, 0.3) is 0 Å². The first-order valence-corrected chi connectivity index (χ1v) is 9.45.